The van der Waals surface area contributed by atoms with Crippen molar-refractivity contribution in [3.05, 3.63) is 29.8 Å². The van der Waals surface area contributed by atoms with E-state index < -0.39 is 12.1 Å². The smallest absolute Gasteiger partial charge is 0.331 e. The van der Waals surface area contributed by atoms with Crippen LogP contribution in [-0.2, 0) is 14.3 Å². The molecule has 4 saturated carbocycles. The number of Topliss-reactive ketones (excluding diaryl/α,β-unsaturated/α-hetero) is 1. The molecule has 4 bridgehead atoms. The minimum Gasteiger partial charge on any atom is -0.454 e. The maximum atomic E-state index is 13.2. The van der Waals surface area contributed by atoms with Crippen LogP contribution in [0.15, 0.2) is 24.3 Å². The highest BCUT2D eigenvalue weighted by atomic mass is 16.7. The molecule has 148 valence electrons. The molecule has 0 spiro atoms. The molecular formula is C23H26O5. The number of benzene rings is 1. The molecular weight excluding hydrogens is 356 g/mol. The van der Waals surface area contributed by atoms with Crippen LogP contribution >= 0.6 is 0 Å². The fourth-order valence-corrected chi connectivity index (χ4v) is 6.29. The number of ether oxygens (including phenoxy) is 3. The Morgan fingerprint density at radius 1 is 1.07 bits per heavy atom. The molecule has 1 aliphatic heterocycles. The summed E-state index contributed by atoms with van der Waals surface area (Å²) in [5.74, 6) is 3.12. The molecule has 0 unspecified atom stereocenters. The summed E-state index contributed by atoms with van der Waals surface area (Å²) in [4.78, 5) is 25.5. The third-order valence-corrected chi connectivity index (χ3v) is 7.03. The van der Waals surface area contributed by atoms with Gasteiger partial charge < -0.3 is 14.2 Å². The Morgan fingerprint density at radius 2 is 1.71 bits per heavy atom. The quantitative estimate of drug-likeness (QED) is 0.566. The van der Waals surface area contributed by atoms with Crippen molar-refractivity contribution in [1.29, 1.82) is 0 Å². The lowest BCUT2D eigenvalue weighted by atomic mass is 9.48. The molecule has 4 fully saturated rings. The van der Waals surface area contributed by atoms with Crippen LogP contribution in [0.5, 0.6) is 11.5 Å². The van der Waals surface area contributed by atoms with E-state index in [1.54, 1.807) is 13.0 Å². The normalized spacial score (nSPS) is 33.2. The topological polar surface area (TPSA) is 61.8 Å². The highest BCUT2D eigenvalue weighted by molar-refractivity contribution is 5.93. The fraction of sp³-hybridized carbons (Fsp3) is 0.565. The van der Waals surface area contributed by atoms with Gasteiger partial charge in [0, 0.05) is 11.5 Å². The van der Waals surface area contributed by atoms with Crippen LogP contribution in [0.4, 0.5) is 0 Å². The van der Waals surface area contributed by atoms with E-state index in [0.29, 0.717) is 29.3 Å². The van der Waals surface area contributed by atoms with E-state index in [9.17, 15) is 9.59 Å². The summed E-state index contributed by atoms with van der Waals surface area (Å²) < 4.78 is 16.1. The van der Waals surface area contributed by atoms with Gasteiger partial charge in [-0.2, -0.15) is 0 Å². The molecule has 5 aliphatic rings. The van der Waals surface area contributed by atoms with Crippen LogP contribution in [-0.4, -0.2) is 24.6 Å². The van der Waals surface area contributed by atoms with E-state index >= 15 is 0 Å². The molecule has 1 atom stereocenters. The summed E-state index contributed by atoms with van der Waals surface area (Å²) in [5.41, 5.74) is 0.580. The van der Waals surface area contributed by atoms with Gasteiger partial charge in [-0.15, -0.1) is 0 Å². The zero-order valence-electron chi connectivity index (χ0n) is 16.2. The van der Waals surface area contributed by atoms with E-state index in [1.807, 2.05) is 18.2 Å². The van der Waals surface area contributed by atoms with Crippen molar-refractivity contribution in [2.75, 3.05) is 6.79 Å². The zero-order valence-corrected chi connectivity index (χ0v) is 16.2. The number of esters is 1. The van der Waals surface area contributed by atoms with Gasteiger partial charge in [0.15, 0.2) is 23.4 Å². The van der Waals surface area contributed by atoms with Gasteiger partial charge in [0.1, 0.15) is 0 Å². The van der Waals surface area contributed by atoms with Crippen LogP contribution in [0.3, 0.4) is 0 Å². The van der Waals surface area contributed by atoms with Gasteiger partial charge in [0.2, 0.25) is 6.79 Å². The van der Waals surface area contributed by atoms with Crippen LogP contribution < -0.4 is 9.47 Å². The molecule has 0 aromatic heterocycles. The number of hydrogen-bond donors (Lipinski definition) is 0. The second-order valence-electron chi connectivity index (χ2n) is 9.09. The van der Waals surface area contributed by atoms with Crippen molar-refractivity contribution in [2.45, 2.75) is 51.6 Å². The van der Waals surface area contributed by atoms with Crippen molar-refractivity contribution < 1.29 is 23.8 Å². The zero-order chi connectivity index (χ0) is 19.3. The van der Waals surface area contributed by atoms with Crippen LogP contribution in [0.2, 0.25) is 0 Å². The second-order valence-corrected chi connectivity index (χ2v) is 9.09. The van der Waals surface area contributed by atoms with Crippen molar-refractivity contribution in [1.82, 2.24) is 0 Å². The summed E-state index contributed by atoms with van der Waals surface area (Å²) in [7, 11) is 0. The molecule has 5 nitrogen and oxygen atoms in total. The number of fused-ring (bicyclic) bond motifs is 1. The van der Waals surface area contributed by atoms with Gasteiger partial charge in [-0.1, -0.05) is 6.07 Å². The first kappa shape index (κ1) is 17.8. The number of ketones is 1. The standard InChI is InChI=1S/C23H26O5/c1-14(22(25)23-10-16-6-17(11-23)8-18(7-16)12-23)28-21(24)5-3-15-2-4-19-20(9-15)27-13-26-19/h2-5,9,14,16-18H,6-8,10-13H2,1H3/b5-3+/t14-,16?,17?,18?,23?/m1/s1. The summed E-state index contributed by atoms with van der Waals surface area (Å²) in [6.07, 6.45) is 9.21. The average molecular weight is 382 g/mol. The Morgan fingerprint density at radius 3 is 2.39 bits per heavy atom. The fourth-order valence-electron chi connectivity index (χ4n) is 6.29. The second kappa shape index (κ2) is 6.64. The van der Waals surface area contributed by atoms with Gasteiger partial charge in [-0.3, -0.25) is 4.79 Å². The summed E-state index contributed by atoms with van der Waals surface area (Å²) in [6.45, 7) is 1.95. The van der Waals surface area contributed by atoms with E-state index in [-0.39, 0.29) is 18.0 Å². The van der Waals surface area contributed by atoms with Crippen molar-refractivity contribution >= 4 is 17.8 Å². The minimum absolute atomic E-state index is 0.136. The van der Waals surface area contributed by atoms with E-state index in [4.69, 9.17) is 14.2 Å². The summed E-state index contributed by atoms with van der Waals surface area (Å²) >= 11 is 0. The third kappa shape index (κ3) is 3.11. The largest absolute Gasteiger partial charge is 0.454 e. The number of rotatable bonds is 5. The lowest BCUT2D eigenvalue weighted by Gasteiger charge is -2.56. The Kier molecular flexibility index (Phi) is 4.22. The average Bonchev–Trinajstić information content (AvgIpc) is 3.12. The molecule has 1 heterocycles. The summed E-state index contributed by atoms with van der Waals surface area (Å²) in [6, 6.07) is 5.48. The first-order valence-corrected chi connectivity index (χ1v) is 10.3. The lowest BCUT2D eigenvalue weighted by Crippen LogP contribution is -2.52. The molecule has 5 heteroatoms. The van der Waals surface area contributed by atoms with Crippen molar-refractivity contribution in [3.63, 3.8) is 0 Å². The Bertz CT molecular complexity index is 804. The number of carbonyl (C=O) groups is 2. The third-order valence-electron chi connectivity index (χ3n) is 7.03. The van der Waals surface area contributed by atoms with Gasteiger partial charge >= 0.3 is 5.97 Å². The van der Waals surface area contributed by atoms with E-state index in [1.165, 1.54) is 25.3 Å². The SMILES string of the molecule is C[C@@H](OC(=O)/C=C/c1ccc2c(c1)OCO2)C(=O)C12CC3CC(CC(C3)C1)C2. The number of carbonyl (C=O) groups excluding carboxylic acids is 2. The van der Waals surface area contributed by atoms with E-state index in [0.717, 1.165) is 24.8 Å². The molecule has 0 radical (unpaired) electrons. The predicted octanol–water partition coefficient (Wildman–Crippen LogP) is 4.15. The molecule has 1 aromatic rings. The Labute approximate surface area is 165 Å². The van der Waals surface area contributed by atoms with Crippen molar-refractivity contribution in [2.24, 2.45) is 23.2 Å². The molecule has 0 saturated heterocycles. The number of hydrogen-bond acceptors (Lipinski definition) is 5. The molecule has 28 heavy (non-hydrogen) atoms. The lowest BCUT2D eigenvalue weighted by molar-refractivity contribution is -0.162. The Balaban J connectivity index is 1.22. The van der Waals surface area contributed by atoms with Crippen molar-refractivity contribution in [3.8, 4) is 11.5 Å². The molecule has 1 aromatic carbocycles. The molecule has 0 N–H and O–H groups in total. The van der Waals surface area contributed by atoms with Crippen LogP contribution in [0.1, 0.15) is 51.0 Å². The summed E-state index contributed by atoms with van der Waals surface area (Å²) in [5, 5.41) is 0. The van der Waals surface area contributed by atoms with Crippen LogP contribution in [0.25, 0.3) is 6.08 Å². The Hall–Kier alpha value is -2.30. The predicted molar refractivity (Wildman–Crippen MR) is 103 cm³/mol. The first-order chi connectivity index (χ1) is 13.5. The first-order valence-electron chi connectivity index (χ1n) is 10.3. The molecule has 0 amide bonds. The van der Waals surface area contributed by atoms with Gasteiger partial charge in [-0.05, 0) is 87.0 Å². The maximum Gasteiger partial charge on any atom is 0.331 e. The monoisotopic (exact) mass is 382 g/mol. The minimum atomic E-state index is -0.690. The van der Waals surface area contributed by atoms with Crippen LogP contribution in [0, 0.1) is 23.2 Å². The van der Waals surface area contributed by atoms with Gasteiger partial charge in [-0.25, -0.2) is 4.79 Å². The van der Waals surface area contributed by atoms with E-state index in [2.05, 4.69) is 0 Å². The maximum absolute atomic E-state index is 13.2. The van der Waals surface area contributed by atoms with Gasteiger partial charge in [0.25, 0.3) is 0 Å². The molecule has 4 aliphatic carbocycles. The highest BCUT2D eigenvalue weighted by Gasteiger charge is 2.55. The molecule has 6 rings (SSSR count). The van der Waals surface area contributed by atoms with Gasteiger partial charge in [0.05, 0.1) is 0 Å². The highest BCUT2D eigenvalue weighted by Crippen LogP contribution is 2.60.